The molecule has 2 nitrogen and oxygen atoms in total. The highest BCUT2D eigenvalue weighted by Gasteiger charge is 2.38. The van der Waals surface area contributed by atoms with E-state index in [9.17, 15) is 0 Å². The van der Waals surface area contributed by atoms with Crippen LogP contribution in [0.2, 0.25) is 0 Å². The van der Waals surface area contributed by atoms with Crippen LogP contribution < -0.4 is 4.90 Å². The molecule has 11 rings (SSSR count). The van der Waals surface area contributed by atoms with Gasteiger partial charge in [0.05, 0.1) is 5.69 Å². The zero-order valence-electron chi connectivity index (χ0n) is 32.1. The van der Waals surface area contributed by atoms with Crippen molar-refractivity contribution < 1.29 is 4.42 Å². The summed E-state index contributed by atoms with van der Waals surface area (Å²) in [6, 6.07) is 64.7. The molecule has 2 aliphatic rings. The molecule has 0 fully saturated rings. The van der Waals surface area contributed by atoms with Crippen LogP contribution in [-0.4, -0.2) is 0 Å². The van der Waals surface area contributed by atoms with E-state index in [2.05, 4.69) is 209 Å². The van der Waals surface area contributed by atoms with Gasteiger partial charge in [0.1, 0.15) is 11.2 Å². The minimum Gasteiger partial charge on any atom is -0.456 e. The van der Waals surface area contributed by atoms with E-state index >= 15 is 0 Å². The Morgan fingerprint density at radius 3 is 1.48 bits per heavy atom. The largest absolute Gasteiger partial charge is 0.456 e. The third-order valence-corrected chi connectivity index (χ3v) is 12.7. The van der Waals surface area contributed by atoms with Gasteiger partial charge in [-0.2, -0.15) is 0 Å². The molecule has 0 bridgehead atoms. The van der Waals surface area contributed by atoms with Crippen LogP contribution in [0.4, 0.5) is 17.1 Å². The van der Waals surface area contributed by atoms with E-state index in [0.717, 1.165) is 50.1 Å². The van der Waals surface area contributed by atoms with Gasteiger partial charge in [0.15, 0.2) is 0 Å². The molecule has 2 aliphatic carbocycles. The maximum absolute atomic E-state index is 6.58. The molecular weight excluding hydrogens is 679 g/mol. The van der Waals surface area contributed by atoms with Gasteiger partial charge < -0.3 is 9.32 Å². The van der Waals surface area contributed by atoms with Crippen molar-refractivity contribution in [2.45, 2.75) is 38.5 Å². The summed E-state index contributed by atoms with van der Waals surface area (Å²) in [5.41, 5.74) is 20.2. The number of hydrogen-bond donors (Lipinski definition) is 0. The van der Waals surface area contributed by atoms with Gasteiger partial charge in [-0.3, -0.25) is 0 Å². The third-order valence-electron chi connectivity index (χ3n) is 12.7. The van der Waals surface area contributed by atoms with Gasteiger partial charge in [0.25, 0.3) is 0 Å². The van der Waals surface area contributed by atoms with E-state index in [1.54, 1.807) is 0 Å². The van der Waals surface area contributed by atoms with Crippen LogP contribution in [0.1, 0.15) is 49.9 Å². The summed E-state index contributed by atoms with van der Waals surface area (Å²) in [6.07, 6.45) is 0. The summed E-state index contributed by atoms with van der Waals surface area (Å²) >= 11 is 0. The summed E-state index contributed by atoms with van der Waals surface area (Å²) in [6.45, 7) is 9.46. The van der Waals surface area contributed by atoms with Crippen molar-refractivity contribution in [1.82, 2.24) is 0 Å². The van der Waals surface area contributed by atoms with Crippen LogP contribution in [0.25, 0.3) is 66.4 Å². The van der Waals surface area contributed by atoms with Gasteiger partial charge in [-0.1, -0.05) is 161 Å². The highest BCUT2D eigenvalue weighted by molar-refractivity contribution is 6.09. The van der Waals surface area contributed by atoms with Crippen molar-refractivity contribution in [3.05, 3.63) is 198 Å². The molecule has 56 heavy (non-hydrogen) atoms. The average Bonchev–Trinajstić information content (AvgIpc) is 3.80. The van der Waals surface area contributed by atoms with Gasteiger partial charge in [-0.15, -0.1) is 0 Å². The second kappa shape index (κ2) is 11.9. The predicted octanol–water partition coefficient (Wildman–Crippen LogP) is 15.0. The van der Waals surface area contributed by atoms with Crippen molar-refractivity contribution in [2.24, 2.45) is 0 Å². The number of rotatable bonds is 5. The van der Waals surface area contributed by atoms with E-state index in [1.807, 2.05) is 0 Å². The molecule has 0 saturated carbocycles. The fraction of sp³-hybridized carbons (Fsp3) is 0.111. The summed E-state index contributed by atoms with van der Waals surface area (Å²) in [7, 11) is 0. The number of furan rings is 1. The first-order valence-corrected chi connectivity index (χ1v) is 19.7. The molecule has 0 saturated heterocycles. The molecule has 9 aromatic rings. The molecule has 268 valence electrons. The number of anilines is 3. The Labute approximate surface area is 328 Å². The molecule has 0 spiro atoms. The van der Waals surface area contributed by atoms with Gasteiger partial charge >= 0.3 is 0 Å². The Morgan fingerprint density at radius 2 is 0.857 bits per heavy atom. The minimum absolute atomic E-state index is 0.143. The summed E-state index contributed by atoms with van der Waals surface area (Å²) < 4.78 is 6.58. The van der Waals surface area contributed by atoms with Crippen LogP contribution in [0.5, 0.6) is 0 Å². The maximum Gasteiger partial charge on any atom is 0.136 e. The van der Waals surface area contributed by atoms with Crippen molar-refractivity contribution in [3.8, 4) is 44.5 Å². The Morgan fingerprint density at radius 1 is 0.357 bits per heavy atom. The fourth-order valence-corrected chi connectivity index (χ4v) is 9.74. The molecule has 0 aliphatic heterocycles. The first-order valence-electron chi connectivity index (χ1n) is 19.7. The van der Waals surface area contributed by atoms with Crippen molar-refractivity contribution in [3.63, 3.8) is 0 Å². The second-order valence-electron chi connectivity index (χ2n) is 16.5. The molecule has 2 heteroatoms. The van der Waals surface area contributed by atoms with Crippen LogP contribution in [0.15, 0.2) is 180 Å². The number of benzene rings is 8. The smallest absolute Gasteiger partial charge is 0.136 e. The highest BCUT2D eigenvalue weighted by Crippen LogP contribution is 2.54. The Kier molecular flexibility index (Phi) is 6.98. The Hall–Kier alpha value is -6.64. The number of fused-ring (bicyclic) bond motifs is 9. The SMILES string of the molecule is CC1(C)c2ccccc2-c2ccc(N(c3ccc4c(c3)C(C)(C)c3ccccc3-4)c3cc4c(cc3-c3ccc(-c5ccccc5)cc3)oc3ccccc34)cc21. The summed E-state index contributed by atoms with van der Waals surface area (Å²) in [4.78, 5) is 2.50. The minimum atomic E-state index is -0.143. The second-order valence-corrected chi connectivity index (χ2v) is 16.5. The maximum atomic E-state index is 6.58. The van der Waals surface area contributed by atoms with Crippen LogP contribution >= 0.6 is 0 Å². The van der Waals surface area contributed by atoms with E-state index in [1.165, 1.54) is 55.6 Å². The van der Waals surface area contributed by atoms with Crippen molar-refractivity contribution in [1.29, 1.82) is 0 Å². The van der Waals surface area contributed by atoms with E-state index in [-0.39, 0.29) is 10.8 Å². The molecule has 8 aromatic carbocycles. The molecule has 1 aromatic heterocycles. The van der Waals surface area contributed by atoms with Gasteiger partial charge in [-0.25, -0.2) is 0 Å². The Bertz CT molecular complexity index is 2910. The van der Waals surface area contributed by atoms with E-state index in [4.69, 9.17) is 4.42 Å². The number of nitrogens with zero attached hydrogens (tertiary/aromatic N) is 1. The standard InChI is InChI=1S/C54H41NO/c1-53(2)46-19-11-8-16-39(46)41-28-26-37(30-48(41)53)55(38-27-29-42-40-17-9-12-20-47(40)54(3,4)49(42)31-38)50-32-45-43-18-10-13-21-51(43)56-52(45)33-44(50)36-24-22-35(23-25-36)34-14-6-5-7-15-34/h5-33H,1-4H3. The highest BCUT2D eigenvalue weighted by atomic mass is 16.3. The molecule has 0 amide bonds. The van der Waals surface area contributed by atoms with Gasteiger partial charge in [0.2, 0.25) is 0 Å². The predicted molar refractivity (Wildman–Crippen MR) is 234 cm³/mol. The lowest BCUT2D eigenvalue weighted by Crippen LogP contribution is -2.18. The topological polar surface area (TPSA) is 16.4 Å². The lowest BCUT2D eigenvalue weighted by Gasteiger charge is -2.31. The first kappa shape index (κ1) is 32.8. The zero-order chi connectivity index (χ0) is 37.8. The van der Waals surface area contributed by atoms with E-state index < -0.39 is 0 Å². The quantitative estimate of drug-likeness (QED) is 0.176. The first-order chi connectivity index (χ1) is 27.3. The number of para-hydroxylation sites is 1. The summed E-state index contributed by atoms with van der Waals surface area (Å²) in [5.74, 6) is 0. The molecule has 0 unspecified atom stereocenters. The third kappa shape index (κ3) is 4.75. The molecule has 0 atom stereocenters. The molecular formula is C54H41NO. The van der Waals surface area contributed by atoms with Crippen molar-refractivity contribution in [2.75, 3.05) is 4.90 Å². The van der Waals surface area contributed by atoms with Crippen molar-refractivity contribution >= 4 is 39.0 Å². The van der Waals surface area contributed by atoms with Gasteiger partial charge in [-0.05, 0) is 104 Å². The van der Waals surface area contributed by atoms with Gasteiger partial charge in [0, 0.05) is 38.5 Å². The fourth-order valence-electron chi connectivity index (χ4n) is 9.74. The molecule has 0 N–H and O–H groups in total. The zero-order valence-corrected chi connectivity index (χ0v) is 32.1. The van der Waals surface area contributed by atoms with Crippen LogP contribution in [0, 0.1) is 0 Å². The molecule has 1 heterocycles. The average molecular weight is 720 g/mol. The molecule has 0 radical (unpaired) electrons. The normalized spacial score (nSPS) is 14.4. The lowest BCUT2D eigenvalue weighted by molar-refractivity contribution is 0.660. The monoisotopic (exact) mass is 719 g/mol. The lowest BCUT2D eigenvalue weighted by atomic mass is 9.82. The van der Waals surface area contributed by atoms with Crippen LogP contribution in [-0.2, 0) is 10.8 Å². The van der Waals surface area contributed by atoms with E-state index in [0.29, 0.717) is 0 Å². The Balaban J connectivity index is 1.18. The van der Waals surface area contributed by atoms with Crippen LogP contribution in [0.3, 0.4) is 0 Å². The number of hydrogen-bond acceptors (Lipinski definition) is 2. The summed E-state index contributed by atoms with van der Waals surface area (Å²) in [5, 5.41) is 2.22.